The van der Waals surface area contributed by atoms with Gasteiger partial charge in [0, 0.05) is 26.2 Å². The van der Waals surface area contributed by atoms with Crippen LogP contribution in [0, 0.1) is 18.8 Å². The molecule has 2 aromatic heterocycles. The number of nitrogens with zero attached hydrogens (tertiary/aromatic N) is 3. The fraction of sp³-hybridized carbons (Fsp3) is 0.552. The summed E-state index contributed by atoms with van der Waals surface area (Å²) < 4.78 is 6.28. The molecule has 1 aliphatic carbocycles. The Morgan fingerprint density at radius 3 is 2.68 bits per heavy atom. The lowest BCUT2D eigenvalue weighted by Crippen LogP contribution is -2.57. The first-order chi connectivity index (χ1) is 21.0. The van der Waals surface area contributed by atoms with Gasteiger partial charge in [-0.05, 0) is 63.6 Å². The molecule has 1 aliphatic heterocycles. The lowest BCUT2D eigenvalue weighted by molar-refractivity contribution is -0.137. The van der Waals surface area contributed by atoms with E-state index < -0.39 is 35.1 Å². The molecule has 3 heterocycles. The highest BCUT2D eigenvalue weighted by atomic mass is 32.1. The van der Waals surface area contributed by atoms with E-state index in [0.29, 0.717) is 17.5 Å². The number of anilines is 1. The minimum atomic E-state index is -1.28. The van der Waals surface area contributed by atoms with Crippen molar-refractivity contribution >= 4 is 46.4 Å². The van der Waals surface area contributed by atoms with Gasteiger partial charge in [0.25, 0.3) is 22.6 Å². The van der Waals surface area contributed by atoms with Crippen LogP contribution in [-0.4, -0.2) is 83.8 Å². The third-order valence-corrected chi connectivity index (χ3v) is 9.23. The first-order valence-corrected chi connectivity index (χ1v) is 15.4. The van der Waals surface area contributed by atoms with Crippen molar-refractivity contribution in [1.29, 1.82) is 0 Å². The van der Waals surface area contributed by atoms with E-state index in [1.807, 2.05) is 7.05 Å². The molecule has 15 heteroatoms. The van der Waals surface area contributed by atoms with E-state index >= 15 is 0 Å². The molecule has 2 bridgehead atoms. The number of Topliss-reactive ketones (excluding diaryl/α,β-unsaturated/α-hetero) is 1. The van der Waals surface area contributed by atoms with Gasteiger partial charge in [-0.15, -0.1) is 0 Å². The SMILES string of the molecule is CNC(=O)C(=O)CCC(NC(=O)c1sc(OC)nc1C)C(=O)Nc1cccn(CC(=O)NC2C3CCCC(C3)CN2C)c1=O. The van der Waals surface area contributed by atoms with E-state index in [1.54, 1.807) is 6.92 Å². The maximum atomic E-state index is 13.4. The minimum absolute atomic E-state index is 0.0957. The van der Waals surface area contributed by atoms with Crippen LogP contribution >= 0.6 is 11.3 Å². The highest BCUT2D eigenvalue weighted by molar-refractivity contribution is 7.15. The number of pyridine rings is 1. The number of hydrogen-bond acceptors (Lipinski definition) is 10. The normalized spacial score (nSPS) is 20.2. The quantitative estimate of drug-likeness (QED) is 0.245. The van der Waals surface area contributed by atoms with Gasteiger partial charge in [0.1, 0.15) is 23.2 Å². The second kappa shape index (κ2) is 14.6. The number of thiazole rings is 1. The number of amides is 4. The summed E-state index contributed by atoms with van der Waals surface area (Å²) in [6.07, 6.45) is 5.32. The molecule has 0 spiro atoms. The second-order valence-corrected chi connectivity index (χ2v) is 12.2. The number of ether oxygens (including phenoxy) is 1. The Kier molecular flexibility index (Phi) is 10.9. The Hall–Kier alpha value is -4.11. The molecular formula is C29H39N7O7S. The Labute approximate surface area is 258 Å². The topological polar surface area (TPSA) is 181 Å². The summed E-state index contributed by atoms with van der Waals surface area (Å²) in [6.45, 7) is 2.29. The number of rotatable bonds is 12. The van der Waals surface area contributed by atoms with E-state index in [1.165, 1.54) is 43.5 Å². The van der Waals surface area contributed by atoms with E-state index in [-0.39, 0.29) is 47.2 Å². The molecule has 238 valence electrons. The molecule has 1 saturated carbocycles. The zero-order valence-corrected chi connectivity index (χ0v) is 26.1. The molecule has 2 fully saturated rings. The molecule has 2 aromatic rings. The fourth-order valence-corrected chi connectivity index (χ4v) is 6.71. The van der Waals surface area contributed by atoms with Gasteiger partial charge in [0.15, 0.2) is 0 Å². The number of aromatic nitrogens is 2. The zero-order valence-electron chi connectivity index (χ0n) is 25.3. The van der Waals surface area contributed by atoms with Gasteiger partial charge in [-0.1, -0.05) is 17.8 Å². The summed E-state index contributed by atoms with van der Waals surface area (Å²) in [6, 6.07) is 1.64. The fourth-order valence-electron chi connectivity index (χ4n) is 5.93. The summed E-state index contributed by atoms with van der Waals surface area (Å²) in [5, 5.41) is 10.7. The van der Waals surface area contributed by atoms with Gasteiger partial charge in [-0.25, -0.2) is 4.98 Å². The number of likely N-dealkylation sites (tertiary alicyclic amines) is 1. The smallest absolute Gasteiger partial charge is 0.287 e. The van der Waals surface area contributed by atoms with Crippen molar-refractivity contribution in [2.75, 3.05) is 33.1 Å². The molecule has 4 atom stereocenters. The standard InChI is InChI=1S/C29H39N7O7S/c1-16-23(44-29(31-16)43-4)27(41)32-19(10-11-21(37)26(40)30-2)25(39)33-20-9-6-12-36(28(20)42)15-22(38)34-24-18-8-5-7-17(13-18)14-35(24)3/h6,9,12,17-19,24H,5,7-8,10-11,13-15H2,1-4H3,(H,30,40)(H,32,41)(H,33,39)(H,34,38). The van der Waals surface area contributed by atoms with Gasteiger partial charge in [0.2, 0.25) is 17.6 Å². The van der Waals surface area contributed by atoms with Crippen molar-refractivity contribution in [2.45, 2.75) is 64.2 Å². The zero-order chi connectivity index (χ0) is 32.0. The number of carbonyl (C=O) groups is 5. The lowest BCUT2D eigenvalue weighted by Gasteiger charge is -2.46. The number of methoxy groups -OCH3 is 1. The number of piperidine rings is 1. The van der Waals surface area contributed by atoms with Gasteiger partial charge in [-0.3, -0.25) is 33.7 Å². The first-order valence-electron chi connectivity index (χ1n) is 14.6. The van der Waals surface area contributed by atoms with E-state index in [2.05, 4.69) is 31.2 Å². The summed E-state index contributed by atoms with van der Waals surface area (Å²) in [4.78, 5) is 83.0. The molecule has 0 aromatic carbocycles. The number of fused-ring (bicyclic) bond motifs is 2. The van der Waals surface area contributed by atoms with E-state index in [0.717, 1.165) is 37.1 Å². The molecule has 1 saturated heterocycles. The molecular weight excluding hydrogens is 590 g/mol. The number of aryl methyl sites for hydroxylation is 1. The predicted octanol–water partition coefficient (Wildman–Crippen LogP) is 0.648. The number of hydrogen-bond donors (Lipinski definition) is 4. The van der Waals surface area contributed by atoms with Gasteiger partial charge in [0.05, 0.1) is 19.0 Å². The van der Waals surface area contributed by atoms with Crippen LogP contribution in [0.25, 0.3) is 0 Å². The Balaban J connectivity index is 1.45. The summed E-state index contributed by atoms with van der Waals surface area (Å²) in [7, 11) is 4.73. The van der Waals surface area contributed by atoms with Crippen LogP contribution in [0.1, 0.15) is 53.9 Å². The lowest BCUT2D eigenvalue weighted by atomic mass is 9.76. The largest absolute Gasteiger partial charge is 0.473 e. The van der Waals surface area contributed by atoms with Crippen molar-refractivity contribution in [3.8, 4) is 5.19 Å². The average molecular weight is 630 g/mol. The molecule has 4 N–H and O–H groups in total. The van der Waals surface area contributed by atoms with Crippen molar-refractivity contribution in [3.63, 3.8) is 0 Å². The monoisotopic (exact) mass is 629 g/mol. The maximum absolute atomic E-state index is 13.4. The van der Waals surface area contributed by atoms with E-state index in [9.17, 15) is 28.8 Å². The van der Waals surface area contributed by atoms with Crippen LogP contribution in [-0.2, 0) is 25.7 Å². The van der Waals surface area contributed by atoms with Gasteiger partial charge in [-0.2, -0.15) is 0 Å². The molecule has 0 radical (unpaired) electrons. The van der Waals surface area contributed by atoms with Crippen LogP contribution < -0.4 is 31.6 Å². The summed E-state index contributed by atoms with van der Waals surface area (Å²) >= 11 is 0.983. The van der Waals surface area contributed by atoms with Gasteiger partial charge < -0.3 is 30.6 Å². The highest BCUT2D eigenvalue weighted by Gasteiger charge is 2.37. The van der Waals surface area contributed by atoms with Crippen LogP contribution in [0.3, 0.4) is 0 Å². The molecule has 4 unspecified atom stereocenters. The average Bonchev–Trinajstić information content (AvgIpc) is 3.39. The Morgan fingerprint density at radius 2 is 1.98 bits per heavy atom. The molecule has 4 rings (SSSR count). The minimum Gasteiger partial charge on any atom is -0.473 e. The Bertz CT molecular complexity index is 1470. The highest BCUT2D eigenvalue weighted by Crippen LogP contribution is 2.36. The number of likely N-dealkylation sites (N-methyl/N-ethyl adjacent to an activating group) is 1. The third kappa shape index (κ3) is 7.88. The maximum Gasteiger partial charge on any atom is 0.287 e. The van der Waals surface area contributed by atoms with Crippen LogP contribution in [0.4, 0.5) is 5.69 Å². The molecule has 14 nitrogen and oxygen atoms in total. The van der Waals surface area contributed by atoms with Gasteiger partial charge >= 0.3 is 0 Å². The van der Waals surface area contributed by atoms with Crippen LogP contribution in [0.2, 0.25) is 0 Å². The van der Waals surface area contributed by atoms with E-state index in [4.69, 9.17) is 4.74 Å². The number of carbonyl (C=O) groups excluding carboxylic acids is 5. The molecule has 2 aliphatic rings. The Morgan fingerprint density at radius 1 is 1.20 bits per heavy atom. The van der Waals surface area contributed by atoms with Crippen molar-refractivity contribution < 1.29 is 28.7 Å². The van der Waals surface area contributed by atoms with Crippen molar-refractivity contribution in [3.05, 3.63) is 39.3 Å². The molecule has 44 heavy (non-hydrogen) atoms. The summed E-state index contributed by atoms with van der Waals surface area (Å²) in [5.74, 6) is -2.29. The predicted molar refractivity (Wildman–Crippen MR) is 162 cm³/mol. The number of ketones is 1. The third-order valence-electron chi connectivity index (χ3n) is 8.11. The van der Waals surface area contributed by atoms with Crippen molar-refractivity contribution in [2.24, 2.45) is 11.8 Å². The van der Waals surface area contributed by atoms with Crippen LogP contribution in [0.5, 0.6) is 5.19 Å². The second-order valence-electron chi connectivity index (χ2n) is 11.3. The summed E-state index contributed by atoms with van der Waals surface area (Å²) in [5.41, 5.74) is -0.333. The van der Waals surface area contributed by atoms with Crippen LogP contribution in [0.15, 0.2) is 23.1 Å². The first kappa shape index (κ1) is 32.8. The van der Waals surface area contributed by atoms with Crippen molar-refractivity contribution in [1.82, 2.24) is 30.4 Å². The molecule has 4 amide bonds. The number of nitrogens with one attached hydrogen (secondary N) is 4.